The summed E-state index contributed by atoms with van der Waals surface area (Å²) in [5.74, 6) is 0.113. The quantitative estimate of drug-likeness (QED) is 0.498. The third-order valence-corrected chi connectivity index (χ3v) is 5.80. The lowest BCUT2D eigenvalue weighted by atomic mass is 10.3. The number of carbonyl (C=O) groups excluding carboxylic acids is 1. The van der Waals surface area contributed by atoms with Crippen LogP contribution in [-0.4, -0.2) is 40.7 Å². The minimum Gasteiger partial charge on any atom is -0.484 e. The van der Waals surface area contributed by atoms with Gasteiger partial charge in [0, 0.05) is 19.8 Å². The van der Waals surface area contributed by atoms with Crippen molar-refractivity contribution in [2.45, 2.75) is 18.2 Å². The third kappa shape index (κ3) is 7.74. The molecule has 0 bridgehead atoms. The fraction of sp³-hybridized carbons (Fsp3) is 0.316. The van der Waals surface area contributed by atoms with Crippen LogP contribution in [0.5, 0.6) is 5.75 Å². The van der Waals surface area contributed by atoms with Gasteiger partial charge in [-0.25, -0.2) is 8.42 Å². The average Bonchev–Trinajstić information content (AvgIpc) is 2.69. The van der Waals surface area contributed by atoms with Gasteiger partial charge in [-0.3, -0.25) is 9.52 Å². The fourth-order valence-corrected chi connectivity index (χ4v) is 3.58. The Morgan fingerprint density at radius 1 is 1.07 bits per heavy atom. The normalized spacial score (nSPS) is 11.1. The van der Waals surface area contributed by atoms with Crippen molar-refractivity contribution in [2.24, 2.45) is 0 Å². The molecule has 0 saturated carbocycles. The number of ether oxygens (including phenoxy) is 2. The van der Waals surface area contributed by atoms with Crippen LogP contribution in [0.1, 0.15) is 13.3 Å². The second-order valence-corrected chi connectivity index (χ2v) is 8.39. The molecular weight excluding hydrogens is 439 g/mol. The van der Waals surface area contributed by atoms with Crippen molar-refractivity contribution in [1.82, 2.24) is 5.32 Å². The van der Waals surface area contributed by atoms with Gasteiger partial charge in [-0.05, 0) is 55.8 Å². The molecule has 10 heteroatoms. The summed E-state index contributed by atoms with van der Waals surface area (Å²) in [5, 5.41) is 3.28. The first-order chi connectivity index (χ1) is 13.8. The van der Waals surface area contributed by atoms with Crippen LogP contribution in [-0.2, 0) is 19.6 Å². The summed E-state index contributed by atoms with van der Waals surface area (Å²) < 4.78 is 37.9. The Kier molecular flexibility index (Phi) is 9.03. The Morgan fingerprint density at radius 3 is 2.45 bits per heavy atom. The van der Waals surface area contributed by atoms with Crippen molar-refractivity contribution >= 4 is 44.8 Å². The van der Waals surface area contributed by atoms with E-state index in [1.54, 1.807) is 0 Å². The Bertz CT molecular complexity index is 921. The standard InChI is InChI=1S/C19H22Cl2N2O5S/c1-2-27-11-3-10-22-19(24)13-28-15-5-7-16(8-6-15)29(25,26)23-14-4-9-17(20)18(21)12-14/h4-9,12,23H,2-3,10-11,13H2,1H3,(H,22,24). The molecule has 0 heterocycles. The average molecular weight is 461 g/mol. The summed E-state index contributed by atoms with van der Waals surface area (Å²) in [5.41, 5.74) is 0.292. The lowest BCUT2D eigenvalue weighted by molar-refractivity contribution is -0.123. The van der Waals surface area contributed by atoms with Crippen molar-refractivity contribution in [3.63, 3.8) is 0 Å². The van der Waals surface area contributed by atoms with Gasteiger partial charge in [0.2, 0.25) is 0 Å². The van der Waals surface area contributed by atoms with E-state index < -0.39 is 10.0 Å². The zero-order valence-corrected chi connectivity index (χ0v) is 18.1. The van der Waals surface area contributed by atoms with Crippen molar-refractivity contribution in [2.75, 3.05) is 31.1 Å². The lowest BCUT2D eigenvalue weighted by Gasteiger charge is -2.10. The molecule has 0 spiro atoms. The summed E-state index contributed by atoms with van der Waals surface area (Å²) in [7, 11) is -3.81. The molecule has 158 valence electrons. The molecule has 1 amide bonds. The Hall–Kier alpha value is -2.00. The van der Waals surface area contributed by atoms with Gasteiger partial charge in [0.05, 0.1) is 20.6 Å². The van der Waals surface area contributed by atoms with Gasteiger partial charge in [0.25, 0.3) is 15.9 Å². The largest absolute Gasteiger partial charge is 0.484 e. The monoisotopic (exact) mass is 460 g/mol. The molecule has 2 N–H and O–H groups in total. The van der Waals surface area contributed by atoms with E-state index in [-0.39, 0.29) is 22.4 Å². The summed E-state index contributed by atoms with van der Waals surface area (Å²) in [6.45, 7) is 3.48. The molecule has 0 radical (unpaired) electrons. The number of hydrogen-bond donors (Lipinski definition) is 2. The second-order valence-electron chi connectivity index (χ2n) is 5.89. The zero-order valence-electron chi connectivity index (χ0n) is 15.8. The lowest BCUT2D eigenvalue weighted by Crippen LogP contribution is -2.30. The number of nitrogens with one attached hydrogen (secondary N) is 2. The molecule has 0 saturated heterocycles. The van der Waals surface area contributed by atoms with Crippen molar-refractivity contribution < 1.29 is 22.7 Å². The first-order valence-electron chi connectivity index (χ1n) is 8.87. The number of rotatable bonds is 11. The summed E-state index contributed by atoms with van der Waals surface area (Å²) >= 11 is 11.7. The highest BCUT2D eigenvalue weighted by molar-refractivity contribution is 7.92. The number of amides is 1. The summed E-state index contributed by atoms with van der Waals surface area (Å²) in [6, 6.07) is 10.2. The molecule has 0 aromatic heterocycles. The van der Waals surface area contributed by atoms with Crippen LogP contribution in [0, 0.1) is 0 Å². The number of hydrogen-bond acceptors (Lipinski definition) is 5. The van der Waals surface area contributed by atoms with Crippen LogP contribution < -0.4 is 14.8 Å². The molecule has 2 aromatic carbocycles. The maximum atomic E-state index is 12.5. The number of halogens is 2. The van der Waals surface area contributed by atoms with E-state index in [1.165, 1.54) is 42.5 Å². The molecule has 0 aliphatic rings. The number of anilines is 1. The van der Waals surface area contributed by atoms with Gasteiger partial charge in [0.1, 0.15) is 5.75 Å². The molecule has 29 heavy (non-hydrogen) atoms. The van der Waals surface area contributed by atoms with Crippen molar-refractivity contribution in [3.05, 3.63) is 52.5 Å². The van der Waals surface area contributed by atoms with E-state index in [0.717, 1.165) is 6.42 Å². The molecule has 2 rings (SSSR count). The van der Waals surface area contributed by atoms with Crippen LogP contribution in [0.4, 0.5) is 5.69 Å². The zero-order chi connectivity index (χ0) is 21.3. The molecular formula is C19H22Cl2N2O5S. The van der Waals surface area contributed by atoms with Crippen LogP contribution in [0.15, 0.2) is 47.4 Å². The predicted molar refractivity (Wildman–Crippen MR) is 113 cm³/mol. The van der Waals surface area contributed by atoms with Gasteiger partial charge in [0.15, 0.2) is 6.61 Å². The Labute approximate surface area is 180 Å². The van der Waals surface area contributed by atoms with Crippen LogP contribution in [0.2, 0.25) is 10.0 Å². The molecule has 7 nitrogen and oxygen atoms in total. The Morgan fingerprint density at radius 2 is 1.79 bits per heavy atom. The highest BCUT2D eigenvalue weighted by atomic mass is 35.5. The molecule has 0 atom stereocenters. The van der Waals surface area contributed by atoms with E-state index in [1.807, 2.05) is 6.92 Å². The van der Waals surface area contributed by atoms with Crippen LogP contribution >= 0.6 is 23.2 Å². The van der Waals surface area contributed by atoms with Gasteiger partial charge in [-0.15, -0.1) is 0 Å². The second kappa shape index (κ2) is 11.3. The fourth-order valence-electron chi connectivity index (χ4n) is 2.24. The smallest absolute Gasteiger partial charge is 0.261 e. The van der Waals surface area contributed by atoms with E-state index in [2.05, 4.69) is 10.0 Å². The first-order valence-corrected chi connectivity index (χ1v) is 11.1. The topological polar surface area (TPSA) is 93.7 Å². The minimum absolute atomic E-state index is 0.0382. The van der Waals surface area contributed by atoms with Gasteiger partial charge >= 0.3 is 0 Å². The number of sulfonamides is 1. The first kappa shape index (κ1) is 23.3. The van der Waals surface area contributed by atoms with Crippen LogP contribution in [0.25, 0.3) is 0 Å². The van der Waals surface area contributed by atoms with E-state index in [4.69, 9.17) is 32.7 Å². The summed E-state index contributed by atoms with van der Waals surface area (Å²) in [6.07, 6.45) is 0.720. The third-order valence-electron chi connectivity index (χ3n) is 3.67. The van der Waals surface area contributed by atoms with Gasteiger partial charge < -0.3 is 14.8 Å². The van der Waals surface area contributed by atoms with Gasteiger partial charge in [-0.1, -0.05) is 23.2 Å². The Balaban J connectivity index is 1.87. The molecule has 0 fully saturated rings. The van der Waals surface area contributed by atoms with Crippen molar-refractivity contribution in [1.29, 1.82) is 0 Å². The van der Waals surface area contributed by atoms with E-state index in [0.29, 0.717) is 36.2 Å². The number of carbonyl (C=O) groups is 1. The maximum absolute atomic E-state index is 12.5. The van der Waals surface area contributed by atoms with E-state index >= 15 is 0 Å². The van der Waals surface area contributed by atoms with E-state index in [9.17, 15) is 13.2 Å². The molecule has 0 aliphatic carbocycles. The predicted octanol–water partition coefficient (Wildman–Crippen LogP) is 3.72. The minimum atomic E-state index is -3.81. The highest BCUT2D eigenvalue weighted by Gasteiger charge is 2.15. The maximum Gasteiger partial charge on any atom is 0.261 e. The number of benzene rings is 2. The SMILES string of the molecule is CCOCCCNC(=O)COc1ccc(S(=O)(=O)Nc2ccc(Cl)c(Cl)c2)cc1. The summed E-state index contributed by atoms with van der Waals surface area (Å²) in [4.78, 5) is 11.8. The highest BCUT2D eigenvalue weighted by Crippen LogP contribution is 2.26. The molecule has 2 aromatic rings. The molecule has 0 aliphatic heterocycles. The van der Waals surface area contributed by atoms with Crippen molar-refractivity contribution in [3.8, 4) is 5.75 Å². The van der Waals surface area contributed by atoms with Crippen LogP contribution in [0.3, 0.4) is 0 Å². The van der Waals surface area contributed by atoms with Gasteiger partial charge in [-0.2, -0.15) is 0 Å². The molecule has 0 unspecified atom stereocenters.